The van der Waals surface area contributed by atoms with E-state index in [1.807, 2.05) is 42.6 Å². The topological polar surface area (TPSA) is 91.1 Å². The highest BCUT2D eigenvalue weighted by Gasteiger charge is 2.25. The summed E-state index contributed by atoms with van der Waals surface area (Å²) in [6.45, 7) is 1.47. The number of aromatic nitrogens is 4. The van der Waals surface area contributed by atoms with Crippen LogP contribution in [0.4, 0.5) is 5.95 Å². The third-order valence-corrected chi connectivity index (χ3v) is 5.23. The second-order valence-corrected chi connectivity index (χ2v) is 7.23. The Hall–Kier alpha value is -3.13. The molecule has 1 aliphatic rings. The Bertz CT molecular complexity index is 1160. The van der Waals surface area contributed by atoms with E-state index in [-0.39, 0.29) is 11.6 Å². The fourth-order valence-electron chi connectivity index (χ4n) is 3.68. The van der Waals surface area contributed by atoms with Crippen molar-refractivity contribution in [1.82, 2.24) is 18.7 Å². The van der Waals surface area contributed by atoms with E-state index in [2.05, 4.69) is 9.88 Å². The number of rotatable bonds is 3. The number of fused-ring (bicyclic) bond motifs is 1. The van der Waals surface area contributed by atoms with Crippen LogP contribution in [0.5, 0.6) is 0 Å². The smallest absolute Gasteiger partial charge is 0.332 e. The van der Waals surface area contributed by atoms with Crippen LogP contribution in [0.3, 0.4) is 0 Å². The Morgan fingerprint density at radius 1 is 1.14 bits per heavy atom. The molecule has 0 amide bonds. The SMILES string of the molecule is Cn1c(=O)c2c(nc(N3CCCC(N)C3)n2C=Cc2ccccc2)n(C)c1=O. The van der Waals surface area contributed by atoms with Crippen molar-refractivity contribution in [1.29, 1.82) is 0 Å². The van der Waals surface area contributed by atoms with Gasteiger partial charge in [-0.25, -0.2) is 4.79 Å². The van der Waals surface area contributed by atoms with Gasteiger partial charge in [0.15, 0.2) is 11.2 Å². The number of hydrogen-bond donors (Lipinski definition) is 1. The van der Waals surface area contributed by atoms with Crippen molar-refractivity contribution in [2.75, 3.05) is 18.0 Å². The van der Waals surface area contributed by atoms with Gasteiger partial charge in [-0.05, 0) is 24.5 Å². The normalized spacial score (nSPS) is 17.7. The maximum absolute atomic E-state index is 12.9. The molecular formula is C20H24N6O2. The fraction of sp³-hybridized carbons (Fsp3) is 0.350. The van der Waals surface area contributed by atoms with Gasteiger partial charge in [-0.1, -0.05) is 30.3 Å². The minimum Gasteiger partial charge on any atom is -0.340 e. The van der Waals surface area contributed by atoms with Crippen LogP contribution in [-0.4, -0.2) is 37.8 Å². The molecule has 0 radical (unpaired) electrons. The quantitative estimate of drug-likeness (QED) is 0.732. The average molecular weight is 380 g/mol. The molecule has 4 rings (SSSR count). The van der Waals surface area contributed by atoms with Crippen LogP contribution in [0.1, 0.15) is 18.4 Å². The Morgan fingerprint density at radius 2 is 1.89 bits per heavy atom. The van der Waals surface area contributed by atoms with Crippen molar-refractivity contribution >= 4 is 29.4 Å². The van der Waals surface area contributed by atoms with Crippen LogP contribution in [0.25, 0.3) is 23.4 Å². The summed E-state index contributed by atoms with van der Waals surface area (Å²) in [4.78, 5) is 32.0. The lowest BCUT2D eigenvalue weighted by atomic mass is 10.1. The van der Waals surface area contributed by atoms with Crippen LogP contribution < -0.4 is 21.9 Å². The van der Waals surface area contributed by atoms with Crippen molar-refractivity contribution < 1.29 is 0 Å². The highest BCUT2D eigenvalue weighted by molar-refractivity contribution is 5.80. The molecule has 2 aromatic heterocycles. The second-order valence-electron chi connectivity index (χ2n) is 7.23. The summed E-state index contributed by atoms with van der Waals surface area (Å²) in [5.74, 6) is 0.635. The van der Waals surface area contributed by atoms with E-state index in [1.165, 1.54) is 11.6 Å². The Balaban J connectivity index is 1.95. The van der Waals surface area contributed by atoms with Crippen LogP contribution in [0.2, 0.25) is 0 Å². The van der Waals surface area contributed by atoms with E-state index in [1.54, 1.807) is 11.6 Å². The molecule has 1 aromatic carbocycles. The Labute approximate surface area is 162 Å². The predicted molar refractivity (Wildman–Crippen MR) is 111 cm³/mol. The van der Waals surface area contributed by atoms with Crippen molar-refractivity contribution in [3.8, 4) is 0 Å². The number of nitrogens with zero attached hydrogens (tertiary/aromatic N) is 5. The third-order valence-electron chi connectivity index (χ3n) is 5.23. The van der Waals surface area contributed by atoms with Gasteiger partial charge in [0, 0.05) is 39.4 Å². The fourth-order valence-corrected chi connectivity index (χ4v) is 3.68. The van der Waals surface area contributed by atoms with Crippen LogP contribution >= 0.6 is 0 Å². The molecule has 28 heavy (non-hydrogen) atoms. The highest BCUT2D eigenvalue weighted by atomic mass is 16.2. The summed E-state index contributed by atoms with van der Waals surface area (Å²) in [5.41, 5.74) is 7.17. The van der Waals surface area contributed by atoms with Crippen molar-refractivity contribution in [3.63, 3.8) is 0 Å². The molecule has 1 saturated heterocycles. The number of imidazole rings is 1. The molecule has 1 unspecified atom stereocenters. The van der Waals surface area contributed by atoms with Crippen molar-refractivity contribution in [3.05, 3.63) is 56.7 Å². The molecule has 1 aliphatic heterocycles. The van der Waals surface area contributed by atoms with E-state index in [9.17, 15) is 9.59 Å². The molecule has 1 fully saturated rings. The van der Waals surface area contributed by atoms with Gasteiger partial charge in [-0.2, -0.15) is 4.98 Å². The summed E-state index contributed by atoms with van der Waals surface area (Å²) >= 11 is 0. The third kappa shape index (κ3) is 3.05. The van der Waals surface area contributed by atoms with Crippen LogP contribution in [0.15, 0.2) is 39.9 Å². The first-order valence-corrected chi connectivity index (χ1v) is 9.39. The second kappa shape index (κ2) is 7.12. The molecule has 8 heteroatoms. The Morgan fingerprint density at radius 3 is 2.61 bits per heavy atom. The number of anilines is 1. The van der Waals surface area contributed by atoms with Crippen molar-refractivity contribution in [2.45, 2.75) is 18.9 Å². The van der Waals surface area contributed by atoms with Crippen LogP contribution in [-0.2, 0) is 14.1 Å². The molecule has 0 saturated carbocycles. The molecule has 3 heterocycles. The standard InChI is InChI=1S/C20H24N6O2/c1-23-17-16(18(27)24(2)20(23)28)26(12-10-14-7-4-3-5-8-14)19(22-17)25-11-6-9-15(21)13-25/h3-5,7-8,10,12,15H,6,9,11,13,21H2,1-2H3. The predicted octanol–water partition coefficient (Wildman–Crippen LogP) is 0.989. The summed E-state index contributed by atoms with van der Waals surface area (Å²) < 4.78 is 4.31. The molecule has 8 nitrogen and oxygen atoms in total. The van der Waals surface area contributed by atoms with Gasteiger partial charge >= 0.3 is 5.69 Å². The maximum Gasteiger partial charge on any atom is 0.332 e. The van der Waals surface area contributed by atoms with E-state index >= 15 is 0 Å². The highest BCUT2D eigenvalue weighted by Crippen LogP contribution is 2.23. The zero-order valence-electron chi connectivity index (χ0n) is 16.1. The zero-order valence-corrected chi connectivity index (χ0v) is 16.1. The minimum atomic E-state index is -0.393. The van der Waals surface area contributed by atoms with Gasteiger partial charge in [0.05, 0.1) is 0 Å². The van der Waals surface area contributed by atoms with E-state index in [0.717, 1.165) is 29.5 Å². The zero-order chi connectivity index (χ0) is 19.8. The largest absolute Gasteiger partial charge is 0.340 e. The van der Waals surface area contributed by atoms with Gasteiger partial charge in [0.2, 0.25) is 5.95 Å². The molecule has 2 N–H and O–H groups in total. The van der Waals surface area contributed by atoms with E-state index in [4.69, 9.17) is 5.73 Å². The first kappa shape index (κ1) is 18.2. The number of aryl methyl sites for hydroxylation is 1. The molecule has 1 atom stereocenters. The summed E-state index contributed by atoms with van der Waals surface area (Å²) in [7, 11) is 3.12. The summed E-state index contributed by atoms with van der Waals surface area (Å²) in [6.07, 6.45) is 5.70. The molecule has 3 aromatic rings. The lowest BCUT2D eigenvalue weighted by Crippen LogP contribution is -2.43. The summed E-state index contributed by atoms with van der Waals surface area (Å²) in [6, 6.07) is 9.90. The Kier molecular flexibility index (Phi) is 4.64. The van der Waals surface area contributed by atoms with Gasteiger partial charge in [0.25, 0.3) is 5.56 Å². The van der Waals surface area contributed by atoms with E-state index < -0.39 is 5.69 Å². The minimum absolute atomic E-state index is 0.0618. The number of benzene rings is 1. The lowest BCUT2D eigenvalue weighted by molar-refractivity contribution is 0.499. The molecule has 0 spiro atoms. The first-order chi connectivity index (χ1) is 13.5. The van der Waals surface area contributed by atoms with E-state index in [0.29, 0.717) is 23.7 Å². The van der Waals surface area contributed by atoms with Crippen molar-refractivity contribution in [2.24, 2.45) is 19.8 Å². The summed E-state index contributed by atoms with van der Waals surface area (Å²) in [5, 5.41) is 0. The average Bonchev–Trinajstić information content (AvgIpc) is 3.09. The van der Waals surface area contributed by atoms with Gasteiger partial charge in [0.1, 0.15) is 0 Å². The van der Waals surface area contributed by atoms with Gasteiger partial charge in [-0.3, -0.25) is 18.5 Å². The number of nitrogens with two attached hydrogens (primary N) is 1. The number of hydrogen-bond acceptors (Lipinski definition) is 5. The molecular weight excluding hydrogens is 356 g/mol. The molecule has 0 aliphatic carbocycles. The van der Waals surface area contributed by atoms with Gasteiger partial charge in [-0.15, -0.1) is 0 Å². The lowest BCUT2D eigenvalue weighted by Gasteiger charge is -2.31. The van der Waals surface area contributed by atoms with Crippen LogP contribution in [0, 0.1) is 0 Å². The molecule has 146 valence electrons. The monoisotopic (exact) mass is 380 g/mol. The number of piperidine rings is 1. The first-order valence-electron chi connectivity index (χ1n) is 9.39. The molecule has 0 bridgehead atoms. The maximum atomic E-state index is 12.9. The van der Waals surface area contributed by atoms with Gasteiger partial charge < -0.3 is 10.6 Å².